The number of carboxylic acid groups (broad SMARTS) is 1. The fourth-order valence-electron chi connectivity index (χ4n) is 1.62. The molecule has 0 aromatic carbocycles. The third-order valence-electron chi connectivity index (χ3n) is 2.61. The number of aliphatic carboxylic acids is 1. The normalized spacial score (nSPS) is 10.3. The van der Waals surface area contributed by atoms with E-state index in [2.05, 4.69) is 20.6 Å². The topological polar surface area (TPSA) is 136 Å². The highest BCUT2D eigenvalue weighted by Gasteiger charge is 2.12. The molecule has 2 N–H and O–H groups in total. The van der Waals surface area contributed by atoms with Crippen LogP contribution in [0.4, 0.5) is 11.5 Å². The van der Waals surface area contributed by atoms with Gasteiger partial charge in [-0.1, -0.05) is 5.21 Å². The number of aromatic nitrogens is 4. The van der Waals surface area contributed by atoms with Crippen LogP contribution in [0.5, 0.6) is 0 Å². The van der Waals surface area contributed by atoms with Crippen molar-refractivity contribution in [1.82, 2.24) is 20.0 Å². The Balaban J connectivity index is 2.03. The highest BCUT2D eigenvalue weighted by atomic mass is 16.6. The average molecular weight is 292 g/mol. The van der Waals surface area contributed by atoms with E-state index in [1.807, 2.05) is 0 Å². The van der Waals surface area contributed by atoms with E-state index < -0.39 is 10.9 Å². The van der Waals surface area contributed by atoms with Crippen molar-refractivity contribution in [2.45, 2.75) is 20.0 Å². The van der Waals surface area contributed by atoms with Crippen LogP contribution in [0, 0.1) is 17.0 Å². The van der Waals surface area contributed by atoms with Crippen LogP contribution in [0.25, 0.3) is 0 Å². The maximum absolute atomic E-state index is 10.8. The van der Waals surface area contributed by atoms with Crippen LogP contribution in [-0.2, 0) is 17.9 Å². The summed E-state index contributed by atoms with van der Waals surface area (Å²) in [6.07, 6.45) is 2.88. The molecule has 0 radical (unpaired) electrons. The van der Waals surface area contributed by atoms with Crippen molar-refractivity contribution >= 4 is 17.5 Å². The summed E-state index contributed by atoms with van der Waals surface area (Å²) in [6, 6.07) is 1.33. The Morgan fingerprint density at radius 2 is 2.33 bits per heavy atom. The number of hydrogen-bond acceptors (Lipinski definition) is 7. The molecule has 0 aliphatic rings. The van der Waals surface area contributed by atoms with Gasteiger partial charge >= 0.3 is 5.97 Å². The number of nitrogens with zero attached hydrogens (tertiary/aromatic N) is 5. The number of anilines is 1. The molecule has 0 aliphatic heterocycles. The minimum Gasteiger partial charge on any atom is -0.480 e. The molecule has 110 valence electrons. The van der Waals surface area contributed by atoms with Crippen molar-refractivity contribution < 1.29 is 14.8 Å². The lowest BCUT2D eigenvalue weighted by Gasteiger charge is -2.04. The first kappa shape index (κ1) is 14.4. The number of carboxylic acids is 1. The largest absolute Gasteiger partial charge is 0.480 e. The van der Waals surface area contributed by atoms with Crippen LogP contribution in [0.15, 0.2) is 18.5 Å². The van der Waals surface area contributed by atoms with Crippen molar-refractivity contribution in [2.75, 3.05) is 5.32 Å². The van der Waals surface area contributed by atoms with E-state index in [4.69, 9.17) is 5.11 Å². The number of nitrogens with one attached hydrogen (secondary N) is 1. The molecule has 2 aromatic rings. The molecule has 10 nitrogen and oxygen atoms in total. The first-order valence-corrected chi connectivity index (χ1v) is 5.91. The van der Waals surface area contributed by atoms with Crippen LogP contribution in [0.2, 0.25) is 0 Å². The first-order chi connectivity index (χ1) is 9.95. The third-order valence-corrected chi connectivity index (χ3v) is 2.61. The van der Waals surface area contributed by atoms with Gasteiger partial charge in [-0.25, -0.2) is 9.67 Å². The Bertz CT molecular complexity index is 683. The van der Waals surface area contributed by atoms with Gasteiger partial charge in [0.2, 0.25) is 0 Å². The van der Waals surface area contributed by atoms with E-state index in [0.29, 0.717) is 17.1 Å². The van der Waals surface area contributed by atoms with Gasteiger partial charge in [-0.2, -0.15) is 0 Å². The predicted molar refractivity (Wildman–Crippen MR) is 70.6 cm³/mol. The summed E-state index contributed by atoms with van der Waals surface area (Å²) in [5.41, 5.74) is 0.946. The van der Waals surface area contributed by atoms with Gasteiger partial charge in [0.1, 0.15) is 18.1 Å². The average Bonchev–Trinajstić information content (AvgIpc) is 2.84. The van der Waals surface area contributed by atoms with Crippen molar-refractivity contribution in [3.05, 3.63) is 39.8 Å². The minimum absolute atomic E-state index is 0.0259. The zero-order valence-corrected chi connectivity index (χ0v) is 11.1. The Morgan fingerprint density at radius 1 is 1.57 bits per heavy atom. The molecule has 2 heterocycles. The number of rotatable bonds is 6. The van der Waals surface area contributed by atoms with Gasteiger partial charge in [0.05, 0.1) is 23.7 Å². The second kappa shape index (κ2) is 5.94. The van der Waals surface area contributed by atoms with Gasteiger partial charge in [0.15, 0.2) is 0 Å². The van der Waals surface area contributed by atoms with E-state index in [0.717, 1.165) is 0 Å². The molecule has 2 aromatic heterocycles. The van der Waals surface area contributed by atoms with Crippen LogP contribution in [0.3, 0.4) is 0 Å². The highest BCUT2D eigenvalue weighted by molar-refractivity contribution is 5.66. The van der Waals surface area contributed by atoms with Crippen LogP contribution < -0.4 is 5.32 Å². The highest BCUT2D eigenvalue weighted by Crippen LogP contribution is 2.19. The van der Waals surface area contributed by atoms with Crippen LogP contribution in [0.1, 0.15) is 11.3 Å². The van der Waals surface area contributed by atoms with Gasteiger partial charge in [0, 0.05) is 11.8 Å². The van der Waals surface area contributed by atoms with Crippen LogP contribution >= 0.6 is 0 Å². The zero-order valence-electron chi connectivity index (χ0n) is 11.1. The van der Waals surface area contributed by atoms with Gasteiger partial charge in [-0.05, 0) is 6.92 Å². The molecule has 2 rings (SSSR count). The summed E-state index contributed by atoms with van der Waals surface area (Å²) in [6.45, 7) is 1.56. The number of carbonyl (C=O) groups is 1. The smallest absolute Gasteiger partial charge is 0.325 e. The molecule has 0 spiro atoms. The fourth-order valence-corrected chi connectivity index (χ4v) is 1.62. The summed E-state index contributed by atoms with van der Waals surface area (Å²) in [7, 11) is 0. The molecule has 0 unspecified atom stereocenters. The monoisotopic (exact) mass is 292 g/mol. The second-order valence-electron chi connectivity index (χ2n) is 4.27. The van der Waals surface area contributed by atoms with E-state index in [9.17, 15) is 14.9 Å². The summed E-state index contributed by atoms with van der Waals surface area (Å²) in [5.74, 6) is -0.685. The molecule has 0 fully saturated rings. The lowest BCUT2D eigenvalue weighted by molar-refractivity contribution is -0.385. The predicted octanol–water partition coefficient (Wildman–Crippen LogP) is 0.586. The fraction of sp³-hybridized carbons (Fsp3) is 0.273. The molecule has 10 heteroatoms. The van der Waals surface area contributed by atoms with E-state index in [1.54, 1.807) is 6.92 Å². The van der Waals surface area contributed by atoms with E-state index in [1.165, 1.54) is 23.1 Å². The Morgan fingerprint density at radius 3 is 3.00 bits per heavy atom. The maximum Gasteiger partial charge on any atom is 0.325 e. The molecular weight excluding hydrogens is 280 g/mol. The standard InChI is InChI=1S/C11H12N6O4/c1-7-3-12-10(2-9(7)17(20)21)13-4-8-5-16(15-14-8)6-11(18)19/h2-3,5H,4,6H2,1H3,(H,12,13)(H,18,19). The summed E-state index contributed by atoms with van der Waals surface area (Å²) in [5, 5.41) is 29.7. The Hall–Kier alpha value is -3.04. The molecule has 21 heavy (non-hydrogen) atoms. The lowest BCUT2D eigenvalue weighted by atomic mass is 10.2. The molecule has 0 bridgehead atoms. The van der Waals surface area contributed by atoms with Gasteiger partial charge < -0.3 is 10.4 Å². The molecule has 0 amide bonds. The maximum atomic E-state index is 10.8. The number of pyridine rings is 1. The number of nitro groups is 1. The summed E-state index contributed by atoms with van der Waals surface area (Å²) in [4.78, 5) is 24.9. The van der Waals surface area contributed by atoms with E-state index in [-0.39, 0.29) is 18.8 Å². The van der Waals surface area contributed by atoms with Crippen molar-refractivity contribution in [1.29, 1.82) is 0 Å². The molecule has 0 saturated heterocycles. The molecular formula is C11H12N6O4. The van der Waals surface area contributed by atoms with Crippen LogP contribution in [-0.4, -0.2) is 36.0 Å². The summed E-state index contributed by atoms with van der Waals surface area (Å²) >= 11 is 0. The third kappa shape index (κ3) is 3.72. The summed E-state index contributed by atoms with van der Waals surface area (Å²) < 4.78 is 1.18. The van der Waals surface area contributed by atoms with Gasteiger partial charge in [0.25, 0.3) is 5.69 Å². The molecule has 0 saturated carbocycles. The minimum atomic E-state index is -1.02. The SMILES string of the molecule is Cc1cnc(NCc2cn(CC(=O)O)nn2)cc1[N+](=O)[O-]. The van der Waals surface area contributed by atoms with Gasteiger partial charge in [-0.15, -0.1) is 5.10 Å². The zero-order chi connectivity index (χ0) is 15.4. The number of hydrogen-bond donors (Lipinski definition) is 2. The van der Waals surface area contributed by atoms with Gasteiger partial charge in [-0.3, -0.25) is 14.9 Å². The second-order valence-corrected chi connectivity index (χ2v) is 4.27. The molecule has 0 atom stereocenters. The van der Waals surface area contributed by atoms with Crippen molar-refractivity contribution in [3.63, 3.8) is 0 Å². The number of aryl methyl sites for hydroxylation is 1. The van der Waals surface area contributed by atoms with Crippen molar-refractivity contribution in [2.24, 2.45) is 0 Å². The Kier molecular flexibility index (Phi) is 4.07. The molecule has 0 aliphatic carbocycles. The lowest BCUT2D eigenvalue weighted by Crippen LogP contribution is -2.09. The Labute approximate surface area is 118 Å². The van der Waals surface area contributed by atoms with Crippen molar-refractivity contribution in [3.8, 4) is 0 Å². The quantitative estimate of drug-likeness (QED) is 0.583. The van der Waals surface area contributed by atoms with E-state index >= 15 is 0 Å². The first-order valence-electron chi connectivity index (χ1n) is 5.91.